The number of rotatable bonds is 65. The number of amides is 1. The summed E-state index contributed by atoms with van der Waals surface area (Å²) in [5.74, 6) is -1.17. The van der Waals surface area contributed by atoms with Crippen molar-refractivity contribution in [2.75, 3.05) is 13.2 Å². The zero-order chi connectivity index (χ0) is 61.7. The minimum absolute atomic E-state index is 0.131. The van der Waals surface area contributed by atoms with Crippen molar-refractivity contribution >= 4 is 11.9 Å². The van der Waals surface area contributed by atoms with Crippen molar-refractivity contribution in [2.45, 2.75) is 423 Å². The summed E-state index contributed by atoms with van der Waals surface area (Å²) in [7, 11) is 0. The maximum Gasteiger partial charge on any atom is 0.306 e. The highest BCUT2D eigenvalue weighted by atomic mass is 16.7. The predicted octanol–water partition coefficient (Wildman–Crippen LogP) is 19.2. The van der Waals surface area contributed by atoms with E-state index >= 15 is 0 Å². The van der Waals surface area contributed by atoms with Crippen LogP contribution in [0.15, 0.2) is 24.3 Å². The first-order chi connectivity index (χ1) is 41.7. The number of allylic oxidation sites excluding steroid dienone is 3. The van der Waals surface area contributed by atoms with Gasteiger partial charge in [0, 0.05) is 6.42 Å². The Morgan fingerprint density at radius 2 is 0.776 bits per heavy atom. The molecule has 1 fully saturated rings. The number of esters is 1. The van der Waals surface area contributed by atoms with E-state index in [1.807, 2.05) is 6.08 Å². The second kappa shape index (κ2) is 62.3. The van der Waals surface area contributed by atoms with Crippen LogP contribution >= 0.6 is 0 Å². The zero-order valence-electron chi connectivity index (χ0n) is 56.0. The molecule has 8 atom stereocenters. The Kier molecular flexibility index (Phi) is 59.5. The van der Waals surface area contributed by atoms with Gasteiger partial charge in [-0.2, -0.15) is 0 Å². The average molecular weight is 1200 g/mol. The van der Waals surface area contributed by atoms with Crippen LogP contribution in [-0.4, -0.2) is 99.6 Å². The van der Waals surface area contributed by atoms with Gasteiger partial charge in [0.1, 0.15) is 24.4 Å². The molecule has 1 amide bonds. The monoisotopic (exact) mass is 1200 g/mol. The highest BCUT2D eigenvalue weighted by Crippen LogP contribution is 2.27. The molecule has 0 aromatic heterocycles. The molecule has 1 aliphatic rings. The molecule has 0 radical (unpaired) electrons. The van der Waals surface area contributed by atoms with Crippen molar-refractivity contribution in [2.24, 2.45) is 0 Å². The number of carbonyl (C=O) groups is 2. The second-order valence-corrected chi connectivity index (χ2v) is 26.0. The molecule has 0 aromatic rings. The number of unbranched alkanes of at least 4 members (excludes halogenated alkanes) is 49. The summed E-state index contributed by atoms with van der Waals surface area (Å²) in [6.45, 7) is 5.85. The van der Waals surface area contributed by atoms with E-state index in [1.165, 1.54) is 270 Å². The van der Waals surface area contributed by atoms with Crippen LogP contribution in [0.1, 0.15) is 374 Å². The number of nitrogens with one attached hydrogen (secondary N) is 1. The molecule has 6 N–H and O–H groups in total. The number of carbonyl (C=O) groups excluding carboxylic acids is 2. The Bertz CT molecular complexity index is 1480. The lowest BCUT2D eigenvalue weighted by Gasteiger charge is -2.41. The quantitative estimate of drug-likeness (QED) is 0.0195. The lowest BCUT2D eigenvalue weighted by Crippen LogP contribution is -2.61. The van der Waals surface area contributed by atoms with E-state index in [2.05, 4.69) is 38.2 Å². The van der Waals surface area contributed by atoms with Gasteiger partial charge in [-0.15, -0.1) is 0 Å². The van der Waals surface area contributed by atoms with Gasteiger partial charge in [0.2, 0.25) is 5.91 Å². The normalized spacial score (nSPS) is 18.4. The van der Waals surface area contributed by atoms with Gasteiger partial charge in [0.05, 0.1) is 25.4 Å². The second-order valence-electron chi connectivity index (χ2n) is 26.0. The molecule has 0 bridgehead atoms. The van der Waals surface area contributed by atoms with Crippen molar-refractivity contribution in [3.63, 3.8) is 0 Å². The van der Waals surface area contributed by atoms with E-state index in [0.29, 0.717) is 19.3 Å². The first-order valence-corrected chi connectivity index (χ1v) is 37.1. The molecule has 1 saturated heterocycles. The van der Waals surface area contributed by atoms with Gasteiger partial charge < -0.3 is 45.1 Å². The van der Waals surface area contributed by atoms with Crippen LogP contribution in [0.3, 0.4) is 0 Å². The molecule has 11 heteroatoms. The fourth-order valence-corrected chi connectivity index (χ4v) is 12.0. The molecular formula is C74H141NO10. The Morgan fingerprint density at radius 1 is 0.447 bits per heavy atom. The average Bonchev–Trinajstić information content (AvgIpc) is 3.59. The van der Waals surface area contributed by atoms with Gasteiger partial charge in [0.25, 0.3) is 0 Å². The molecular weight excluding hydrogens is 1060 g/mol. The summed E-state index contributed by atoms with van der Waals surface area (Å²) < 4.78 is 17.7. The van der Waals surface area contributed by atoms with Gasteiger partial charge in [0.15, 0.2) is 12.4 Å². The molecule has 0 saturated carbocycles. The largest absolute Gasteiger partial charge is 0.454 e. The fraction of sp³-hybridized carbons (Fsp3) is 0.919. The minimum Gasteiger partial charge on any atom is -0.454 e. The minimum atomic E-state index is -1.61. The molecule has 85 heavy (non-hydrogen) atoms. The molecule has 0 aromatic carbocycles. The van der Waals surface area contributed by atoms with Crippen molar-refractivity contribution in [1.82, 2.24) is 5.32 Å². The maximum absolute atomic E-state index is 13.5. The van der Waals surface area contributed by atoms with E-state index in [4.69, 9.17) is 14.2 Å². The first-order valence-electron chi connectivity index (χ1n) is 37.1. The standard InChI is InChI=1S/C74H141NO10/c1-4-7-10-13-16-19-22-24-26-28-30-31-32-33-34-35-36-38-39-41-43-46-49-52-55-58-61-67(78)73(82)75-65(66(77)60-57-54-51-48-45-21-18-15-12-9-6-3)64-83-74-72(71(81)70(80)68(63-76)84-74)85-69(79)62-59-56-53-50-47-44-42-40-37-29-27-25-23-20-17-14-11-8-5-2/h24,26,57,60,65-68,70-72,74,76-78,80-81H,4-23,25,27-56,58-59,61-64H2,1-3H3,(H,75,82)/b26-24+,60-57+. The van der Waals surface area contributed by atoms with E-state index in [0.717, 1.165) is 57.8 Å². The van der Waals surface area contributed by atoms with E-state index in [9.17, 15) is 35.1 Å². The highest BCUT2D eigenvalue weighted by Gasteiger charge is 2.47. The lowest BCUT2D eigenvalue weighted by molar-refractivity contribution is -0.305. The summed E-state index contributed by atoms with van der Waals surface area (Å²) in [5.41, 5.74) is 0. The van der Waals surface area contributed by atoms with Crippen LogP contribution < -0.4 is 5.32 Å². The van der Waals surface area contributed by atoms with Crippen LogP contribution in [0.25, 0.3) is 0 Å². The van der Waals surface area contributed by atoms with Crippen LogP contribution in [0.5, 0.6) is 0 Å². The Morgan fingerprint density at radius 3 is 1.14 bits per heavy atom. The molecule has 502 valence electrons. The summed E-state index contributed by atoms with van der Waals surface area (Å²) in [4.78, 5) is 26.7. The molecule has 8 unspecified atom stereocenters. The summed E-state index contributed by atoms with van der Waals surface area (Å²) in [6, 6.07) is -1.02. The van der Waals surface area contributed by atoms with Gasteiger partial charge in [-0.05, 0) is 51.4 Å². The predicted molar refractivity (Wildman–Crippen MR) is 357 cm³/mol. The van der Waals surface area contributed by atoms with Crippen molar-refractivity contribution < 1.29 is 49.3 Å². The smallest absolute Gasteiger partial charge is 0.306 e. The van der Waals surface area contributed by atoms with Gasteiger partial charge in [-0.25, -0.2) is 0 Å². The molecule has 1 rings (SSSR count). The Balaban J connectivity index is 2.50. The van der Waals surface area contributed by atoms with Crippen LogP contribution in [0.2, 0.25) is 0 Å². The number of aliphatic hydroxyl groups excluding tert-OH is 5. The third-order valence-electron chi connectivity index (χ3n) is 17.9. The van der Waals surface area contributed by atoms with E-state index < -0.39 is 67.4 Å². The van der Waals surface area contributed by atoms with Gasteiger partial charge >= 0.3 is 5.97 Å². The number of hydrogen-bond acceptors (Lipinski definition) is 10. The molecule has 0 aliphatic carbocycles. The summed E-state index contributed by atoms with van der Waals surface area (Å²) in [5, 5.41) is 57.2. The third-order valence-corrected chi connectivity index (χ3v) is 17.9. The molecule has 11 nitrogen and oxygen atoms in total. The Hall–Kier alpha value is -1.86. The Labute approximate surface area is 524 Å². The topological polar surface area (TPSA) is 175 Å². The van der Waals surface area contributed by atoms with Crippen LogP contribution in [0.4, 0.5) is 0 Å². The zero-order valence-corrected chi connectivity index (χ0v) is 56.0. The van der Waals surface area contributed by atoms with Crippen molar-refractivity contribution in [3.8, 4) is 0 Å². The van der Waals surface area contributed by atoms with Crippen molar-refractivity contribution in [1.29, 1.82) is 0 Å². The van der Waals surface area contributed by atoms with E-state index in [1.54, 1.807) is 6.08 Å². The third kappa shape index (κ3) is 49.6. The summed E-state index contributed by atoms with van der Waals surface area (Å²) >= 11 is 0. The molecule has 1 aliphatic heterocycles. The number of ether oxygens (including phenoxy) is 3. The molecule has 1 heterocycles. The number of hydrogen-bond donors (Lipinski definition) is 6. The first kappa shape index (κ1) is 81.2. The molecule has 0 spiro atoms. The highest BCUT2D eigenvalue weighted by molar-refractivity contribution is 5.80. The van der Waals surface area contributed by atoms with Crippen LogP contribution in [-0.2, 0) is 23.8 Å². The van der Waals surface area contributed by atoms with Crippen molar-refractivity contribution in [3.05, 3.63) is 24.3 Å². The van der Waals surface area contributed by atoms with Gasteiger partial charge in [-0.3, -0.25) is 9.59 Å². The van der Waals surface area contributed by atoms with Gasteiger partial charge in [-0.1, -0.05) is 340 Å². The fourth-order valence-electron chi connectivity index (χ4n) is 12.0. The maximum atomic E-state index is 13.5. The summed E-state index contributed by atoms with van der Waals surface area (Å²) in [6.07, 6.45) is 65.2. The SMILES string of the molecule is CCCCCCCC/C=C/CCCCCCCCCCCCCCCCCCC(O)C(=O)NC(COC1OC(CO)C(O)C(O)C1OC(=O)CCCCCCCCCCCCCCCCCCCCC)C(O)/C=C/CCCCCCCCCCC. The lowest BCUT2D eigenvalue weighted by atomic mass is 9.99. The van der Waals surface area contributed by atoms with E-state index in [-0.39, 0.29) is 13.0 Å². The number of aliphatic hydroxyl groups is 5. The van der Waals surface area contributed by atoms with Crippen LogP contribution in [0, 0.1) is 0 Å².